The van der Waals surface area contributed by atoms with Gasteiger partial charge in [0.15, 0.2) is 0 Å². The Bertz CT molecular complexity index is 1050. The maximum atomic E-state index is 13.4. The van der Waals surface area contributed by atoms with Crippen LogP contribution < -0.4 is 5.32 Å². The molecule has 0 aromatic heterocycles. The van der Waals surface area contributed by atoms with Crippen molar-refractivity contribution in [3.8, 4) is 11.1 Å². The molecule has 2 N–H and O–H groups in total. The summed E-state index contributed by atoms with van der Waals surface area (Å²) in [7, 11) is 0. The fourth-order valence-corrected chi connectivity index (χ4v) is 5.10. The van der Waals surface area contributed by atoms with Gasteiger partial charge < -0.3 is 20.1 Å². The molecule has 0 spiro atoms. The van der Waals surface area contributed by atoms with Gasteiger partial charge in [0.25, 0.3) is 0 Å². The van der Waals surface area contributed by atoms with Gasteiger partial charge in [0.2, 0.25) is 5.91 Å². The van der Waals surface area contributed by atoms with E-state index < -0.39 is 23.6 Å². The molecule has 1 heterocycles. The van der Waals surface area contributed by atoms with Gasteiger partial charge in [-0.15, -0.1) is 0 Å². The third-order valence-corrected chi connectivity index (χ3v) is 7.26. The molecule has 7 nitrogen and oxygen atoms in total. The Kier molecular flexibility index (Phi) is 6.64. The molecule has 1 fully saturated rings. The van der Waals surface area contributed by atoms with Crippen LogP contribution >= 0.6 is 0 Å². The van der Waals surface area contributed by atoms with Gasteiger partial charge in [-0.1, -0.05) is 62.4 Å². The molecule has 2 aliphatic rings. The summed E-state index contributed by atoms with van der Waals surface area (Å²) in [5, 5.41) is 12.4. The first kappa shape index (κ1) is 23.8. The third-order valence-electron chi connectivity index (χ3n) is 7.26. The third kappa shape index (κ3) is 4.39. The minimum absolute atomic E-state index is 0.0823. The van der Waals surface area contributed by atoms with E-state index in [9.17, 15) is 19.5 Å². The molecule has 1 aliphatic carbocycles. The number of hydrogen-bond acceptors (Lipinski definition) is 4. The van der Waals surface area contributed by atoms with Crippen molar-refractivity contribution in [1.29, 1.82) is 0 Å². The van der Waals surface area contributed by atoms with Crippen LogP contribution in [0, 0.1) is 5.92 Å². The van der Waals surface area contributed by atoms with E-state index in [0.717, 1.165) is 28.7 Å². The average Bonchev–Trinajstić information content (AvgIpc) is 3.15. The maximum absolute atomic E-state index is 13.4. The predicted octanol–water partition coefficient (Wildman–Crippen LogP) is 4.41. The standard InChI is InChI=1S/C27H32N2O5/c1-4-27(3,25(32)29-15-17(2)13-14-23(29)24(30)31)28-26(33)34-16-22-20-11-7-5-9-18(20)19-10-6-8-12-21(19)22/h5-12,17,22-23H,4,13-16H2,1-3H3,(H,28,33)(H,30,31). The number of ether oxygens (including phenoxy) is 1. The van der Waals surface area contributed by atoms with Gasteiger partial charge in [0.1, 0.15) is 18.2 Å². The molecule has 2 aromatic rings. The topological polar surface area (TPSA) is 95.9 Å². The number of piperidine rings is 1. The zero-order valence-corrected chi connectivity index (χ0v) is 19.9. The summed E-state index contributed by atoms with van der Waals surface area (Å²) in [6.45, 7) is 5.93. The number of carbonyl (C=O) groups is 3. The lowest BCUT2D eigenvalue weighted by atomic mass is 9.89. The number of aliphatic carboxylic acids is 1. The lowest BCUT2D eigenvalue weighted by Crippen LogP contribution is -2.62. The van der Waals surface area contributed by atoms with Crippen LogP contribution in [0.15, 0.2) is 48.5 Å². The van der Waals surface area contributed by atoms with Crippen LogP contribution in [0.25, 0.3) is 11.1 Å². The van der Waals surface area contributed by atoms with Gasteiger partial charge in [-0.25, -0.2) is 9.59 Å². The molecule has 3 unspecified atom stereocenters. The van der Waals surface area contributed by atoms with Crippen LogP contribution in [-0.2, 0) is 14.3 Å². The highest BCUT2D eigenvalue weighted by Crippen LogP contribution is 2.44. The van der Waals surface area contributed by atoms with E-state index in [1.54, 1.807) is 13.8 Å². The molecule has 2 aromatic carbocycles. The second-order valence-electron chi connectivity index (χ2n) is 9.63. The summed E-state index contributed by atoms with van der Waals surface area (Å²) in [6, 6.07) is 15.3. The number of alkyl carbamates (subject to hydrolysis) is 1. The number of hydrogen-bond donors (Lipinski definition) is 2. The number of carboxylic acid groups (broad SMARTS) is 1. The number of nitrogens with zero attached hydrogens (tertiary/aromatic N) is 1. The highest BCUT2D eigenvalue weighted by Gasteiger charge is 2.43. The van der Waals surface area contributed by atoms with Crippen LogP contribution in [0.5, 0.6) is 0 Å². The Morgan fingerprint density at radius 3 is 2.21 bits per heavy atom. The Morgan fingerprint density at radius 1 is 1.06 bits per heavy atom. The zero-order chi connectivity index (χ0) is 24.5. The molecule has 1 saturated heterocycles. The highest BCUT2D eigenvalue weighted by atomic mass is 16.5. The van der Waals surface area contributed by atoms with E-state index in [1.807, 2.05) is 43.3 Å². The lowest BCUT2D eigenvalue weighted by Gasteiger charge is -2.41. The fourth-order valence-electron chi connectivity index (χ4n) is 5.10. The molecule has 0 radical (unpaired) electrons. The van der Waals surface area contributed by atoms with Crippen molar-refractivity contribution in [3.63, 3.8) is 0 Å². The first-order chi connectivity index (χ1) is 16.2. The summed E-state index contributed by atoms with van der Waals surface area (Å²) in [5.74, 6) is -1.28. The SMILES string of the molecule is CCC(C)(NC(=O)OCC1c2ccccc2-c2ccccc21)C(=O)N1CC(C)CCC1C(=O)O. The Labute approximate surface area is 200 Å². The molecule has 34 heavy (non-hydrogen) atoms. The van der Waals surface area contributed by atoms with E-state index in [0.29, 0.717) is 19.4 Å². The van der Waals surface area contributed by atoms with Crippen molar-refractivity contribution >= 4 is 18.0 Å². The molecule has 7 heteroatoms. The van der Waals surface area contributed by atoms with Crippen LogP contribution in [0.2, 0.25) is 0 Å². The monoisotopic (exact) mass is 464 g/mol. The van der Waals surface area contributed by atoms with Crippen molar-refractivity contribution < 1.29 is 24.2 Å². The summed E-state index contributed by atoms with van der Waals surface area (Å²) in [4.78, 5) is 39.4. The van der Waals surface area contributed by atoms with Crippen molar-refractivity contribution in [1.82, 2.24) is 10.2 Å². The number of fused-ring (bicyclic) bond motifs is 3. The summed E-state index contributed by atoms with van der Waals surface area (Å²) in [6.07, 6.45) is 0.792. The van der Waals surface area contributed by atoms with Gasteiger partial charge in [0.05, 0.1) is 0 Å². The number of nitrogens with one attached hydrogen (secondary N) is 1. The number of amides is 2. The van der Waals surface area contributed by atoms with Gasteiger partial charge in [-0.3, -0.25) is 4.79 Å². The summed E-state index contributed by atoms with van der Waals surface area (Å²) < 4.78 is 5.63. The first-order valence-corrected chi connectivity index (χ1v) is 11.9. The second-order valence-corrected chi connectivity index (χ2v) is 9.63. The van der Waals surface area contributed by atoms with Gasteiger partial charge >= 0.3 is 12.1 Å². The van der Waals surface area contributed by atoms with Crippen LogP contribution in [0.3, 0.4) is 0 Å². The van der Waals surface area contributed by atoms with E-state index in [2.05, 4.69) is 17.4 Å². The van der Waals surface area contributed by atoms with Crippen molar-refractivity contribution in [3.05, 3.63) is 59.7 Å². The maximum Gasteiger partial charge on any atom is 0.408 e. The second kappa shape index (κ2) is 9.49. The molecule has 4 rings (SSSR count). The summed E-state index contributed by atoms with van der Waals surface area (Å²) >= 11 is 0. The van der Waals surface area contributed by atoms with Crippen molar-refractivity contribution in [2.24, 2.45) is 5.92 Å². The normalized spacial score (nSPS) is 21.2. The number of carboxylic acids is 1. The largest absolute Gasteiger partial charge is 0.480 e. The van der Waals surface area contributed by atoms with Crippen LogP contribution in [0.1, 0.15) is 57.1 Å². The van der Waals surface area contributed by atoms with Gasteiger partial charge in [-0.2, -0.15) is 0 Å². The molecule has 2 amide bonds. The van der Waals surface area contributed by atoms with Crippen molar-refractivity contribution in [2.75, 3.05) is 13.2 Å². The van der Waals surface area contributed by atoms with Gasteiger partial charge in [0, 0.05) is 12.5 Å². The minimum atomic E-state index is -1.26. The molecular weight excluding hydrogens is 432 g/mol. The van der Waals surface area contributed by atoms with Gasteiger partial charge in [-0.05, 0) is 54.4 Å². The number of benzene rings is 2. The molecule has 0 saturated carbocycles. The quantitative estimate of drug-likeness (QED) is 0.660. The molecule has 180 valence electrons. The molecule has 3 atom stereocenters. The Balaban J connectivity index is 1.46. The minimum Gasteiger partial charge on any atom is -0.480 e. The lowest BCUT2D eigenvalue weighted by molar-refractivity contribution is -0.156. The van der Waals surface area contributed by atoms with E-state index in [1.165, 1.54) is 4.90 Å². The Hall–Kier alpha value is -3.35. The first-order valence-electron chi connectivity index (χ1n) is 11.9. The molecular formula is C27H32N2O5. The molecule has 1 aliphatic heterocycles. The van der Waals surface area contributed by atoms with E-state index in [-0.39, 0.29) is 24.3 Å². The predicted molar refractivity (Wildman–Crippen MR) is 128 cm³/mol. The zero-order valence-electron chi connectivity index (χ0n) is 19.9. The van der Waals surface area contributed by atoms with E-state index >= 15 is 0 Å². The number of likely N-dealkylation sites (tertiary alicyclic amines) is 1. The van der Waals surface area contributed by atoms with Crippen LogP contribution in [-0.4, -0.2) is 52.7 Å². The fraction of sp³-hybridized carbons (Fsp3) is 0.444. The number of rotatable bonds is 6. The molecule has 0 bridgehead atoms. The van der Waals surface area contributed by atoms with Crippen molar-refractivity contribution in [2.45, 2.75) is 57.5 Å². The Morgan fingerprint density at radius 2 is 1.65 bits per heavy atom. The van der Waals surface area contributed by atoms with Crippen LogP contribution in [0.4, 0.5) is 4.79 Å². The summed E-state index contributed by atoms with van der Waals surface area (Å²) in [5.41, 5.74) is 3.24. The average molecular weight is 465 g/mol. The highest BCUT2D eigenvalue weighted by molar-refractivity contribution is 5.92. The van der Waals surface area contributed by atoms with E-state index in [4.69, 9.17) is 4.74 Å². The number of carbonyl (C=O) groups excluding carboxylic acids is 2. The smallest absolute Gasteiger partial charge is 0.408 e.